The van der Waals surface area contributed by atoms with Crippen molar-refractivity contribution in [1.29, 1.82) is 0 Å². The number of likely N-dealkylation sites (tertiary alicyclic amines) is 1. The normalized spacial score (nSPS) is 15.5. The summed E-state index contributed by atoms with van der Waals surface area (Å²) in [7, 11) is 0. The van der Waals surface area contributed by atoms with Crippen molar-refractivity contribution in [1.82, 2.24) is 10.2 Å². The smallest absolute Gasteiger partial charge is 0.410 e. The Labute approximate surface area is 161 Å². The van der Waals surface area contributed by atoms with Crippen LogP contribution in [0.15, 0.2) is 24.3 Å². The molecule has 0 aromatic heterocycles. The molecule has 2 rings (SSSR count). The Balaban J connectivity index is 1.60. The largest absolute Gasteiger partial charge is 0.444 e. The van der Waals surface area contributed by atoms with E-state index < -0.39 is 5.60 Å². The molecule has 0 unspecified atom stereocenters. The molecule has 1 aliphatic heterocycles. The summed E-state index contributed by atoms with van der Waals surface area (Å²) in [6.45, 7) is 7.30. The minimum Gasteiger partial charge on any atom is -0.444 e. The summed E-state index contributed by atoms with van der Waals surface area (Å²) in [5, 5.41) is 3.00. The number of aryl methyl sites for hydroxylation is 1. The van der Waals surface area contributed by atoms with Crippen molar-refractivity contribution in [3.63, 3.8) is 0 Å². The molecule has 150 valence electrons. The fourth-order valence-corrected chi connectivity index (χ4v) is 3.11. The molecule has 1 saturated heterocycles. The highest BCUT2D eigenvalue weighted by Gasteiger charge is 2.29. The number of carbonyl (C=O) groups excluding carboxylic acids is 2. The van der Waals surface area contributed by atoms with E-state index in [0.29, 0.717) is 32.5 Å². The van der Waals surface area contributed by atoms with Crippen molar-refractivity contribution in [3.05, 3.63) is 35.6 Å². The van der Waals surface area contributed by atoms with Crippen LogP contribution in [0.1, 0.15) is 52.0 Å². The number of hydrogen-bond donors (Lipinski definition) is 1. The van der Waals surface area contributed by atoms with Gasteiger partial charge in [0.05, 0.1) is 0 Å². The molecular formula is C21H31FN2O3. The number of unbranched alkanes of at least 4 members (excludes halogenated alkanes) is 1. The van der Waals surface area contributed by atoms with E-state index in [1.807, 2.05) is 20.8 Å². The molecule has 2 amide bonds. The molecule has 1 heterocycles. The standard InChI is InChI=1S/C21H31FN2O3/c1-21(2,3)27-20(26)24-14-11-17(12-15-24)19(25)23-13-5-4-6-16-7-9-18(22)10-8-16/h7-10,17H,4-6,11-15H2,1-3H3,(H,23,25). The Morgan fingerprint density at radius 1 is 1.15 bits per heavy atom. The number of hydrogen-bond acceptors (Lipinski definition) is 3. The van der Waals surface area contributed by atoms with Crippen molar-refractivity contribution < 1.29 is 18.7 Å². The molecular weight excluding hydrogens is 347 g/mol. The summed E-state index contributed by atoms with van der Waals surface area (Å²) < 4.78 is 18.2. The van der Waals surface area contributed by atoms with Crippen LogP contribution in [0.5, 0.6) is 0 Å². The Morgan fingerprint density at radius 3 is 2.37 bits per heavy atom. The summed E-state index contributed by atoms with van der Waals surface area (Å²) in [6, 6.07) is 6.54. The maximum Gasteiger partial charge on any atom is 0.410 e. The van der Waals surface area contributed by atoms with Crippen molar-refractivity contribution in [2.75, 3.05) is 19.6 Å². The lowest BCUT2D eigenvalue weighted by Gasteiger charge is -2.32. The van der Waals surface area contributed by atoms with Crippen LogP contribution in [0.2, 0.25) is 0 Å². The van der Waals surface area contributed by atoms with Gasteiger partial charge in [-0.05, 0) is 70.6 Å². The second kappa shape index (κ2) is 9.72. The van der Waals surface area contributed by atoms with Gasteiger partial charge in [0.25, 0.3) is 0 Å². The van der Waals surface area contributed by atoms with E-state index in [0.717, 1.165) is 24.8 Å². The number of amides is 2. The molecule has 27 heavy (non-hydrogen) atoms. The van der Waals surface area contributed by atoms with Gasteiger partial charge in [-0.2, -0.15) is 0 Å². The number of halogens is 1. The third-order valence-corrected chi connectivity index (χ3v) is 4.62. The molecule has 1 aromatic rings. The first-order chi connectivity index (χ1) is 12.7. The highest BCUT2D eigenvalue weighted by atomic mass is 19.1. The third-order valence-electron chi connectivity index (χ3n) is 4.62. The lowest BCUT2D eigenvalue weighted by atomic mass is 9.96. The number of nitrogens with zero attached hydrogens (tertiary/aromatic N) is 1. The van der Waals surface area contributed by atoms with Crippen LogP contribution in [0.25, 0.3) is 0 Å². The van der Waals surface area contributed by atoms with Gasteiger partial charge in [0.15, 0.2) is 0 Å². The predicted octanol–water partition coefficient (Wildman–Crippen LogP) is 3.91. The second-order valence-corrected chi connectivity index (χ2v) is 8.12. The number of rotatable bonds is 6. The monoisotopic (exact) mass is 378 g/mol. The van der Waals surface area contributed by atoms with E-state index in [4.69, 9.17) is 4.74 Å². The van der Waals surface area contributed by atoms with Gasteiger partial charge in [0, 0.05) is 25.6 Å². The van der Waals surface area contributed by atoms with E-state index in [-0.39, 0.29) is 23.7 Å². The molecule has 0 radical (unpaired) electrons. The SMILES string of the molecule is CC(C)(C)OC(=O)N1CCC(C(=O)NCCCCc2ccc(F)cc2)CC1. The first-order valence-corrected chi connectivity index (χ1v) is 9.75. The maximum atomic E-state index is 12.9. The first-order valence-electron chi connectivity index (χ1n) is 9.75. The van der Waals surface area contributed by atoms with E-state index in [1.165, 1.54) is 12.1 Å². The zero-order valence-electron chi connectivity index (χ0n) is 16.6. The highest BCUT2D eigenvalue weighted by Crippen LogP contribution is 2.20. The fraction of sp³-hybridized carbons (Fsp3) is 0.619. The average Bonchev–Trinajstić information content (AvgIpc) is 2.61. The molecule has 0 bridgehead atoms. The number of ether oxygens (including phenoxy) is 1. The van der Waals surface area contributed by atoms with Crippen molar-refractivity contribution in [3.8, 4) is 0 Å². The average molecular weight is 378 g/mol. The Hall–Kier alpha value is -2.11. The van der Waals surface area contributed by atoms with Crippen molar-refractivity contribution in [2.45, 2.75) is 58.5 Å². The molecule has 5 nitrogen and oxygen atoms in total. The topological polar surface area (TPSA) is 58.6 Å². The van der Waals surface area contributed by atoms with Crippen LogP contribution in [0.4, 0.5) is 9.18 Å². The van der Waals surface area contributed by atoms with Crippen LogP contribution >= 0.6 is 0 Å². The van der Waals surface area contributed by atoms with Gasteiger partial charge in [-0.25, -0.2) is 9.18 Å². The minimum absolute atomic E-state index is 0.0409. The summed E-state index contributed by atoms with van der Waals surface area (Å²) in [6.07, 6.45) is 3.75. The first kappa shape index (κ1) is 21.2. The van der Waals surface area contributed by atoms with Crippen LogP contribution in [0.3, 0.4) is 0 Å². The van der Waals surface area contributed by atoms with Crippen LogP contribution in [-0.4, -0.2) is 42.1 Å². The van der Waals surface area contributed by atoms with E-state index in [1.54, 1.807) is 17.0 Å². The molecule has 1 aliphatic rings. The zero-order valence-corrected chi connectivity index (χ0v) is 16.6. The zero-order chi connectivity index (χ0) is 19.9. The molecule has 0 spiro atoms. The van der Waals surface area contributed by atoms with E-state index in [9.17, 15) is 14.0 Å². The molecule has 0 saturated carbocycles. The van der Waals surface area contributed by atoms with Gasteiger partial charge in [0.2, 0.25) is 5.91 Å². The highest BCUT2D eigenvalue weighted by molar-refractivity contribution is 5.79. The lowest BCUT2D eigenvalue weighted by molar-refractivity contribution is -0.126. The lowest BCUT2D eigenvalue weighted by Crippen LogP contribution is -2.45. The molecule has 6 heteroatoms. The number of piperidine rings is 1. The van der Waals surface area contributed by atoms with Crippen molar-refractivity contribution in [2.24, 2.45) is 5.92 Å². The van der Waals surface area contributed by atoms with E-state index in [2.05, 4.69) is 5.32 Å². The number of carbonyl (C=O) groups is 2. The fourth-order valence-electron chi connectivity index (χ4n) is 3.11. The van der Waals surface area contributed by atoms with E-state index >= 15 is 0 Å². The second-order valence-electron chi connectivity index (χ2n) is 8.12. The van der Waals surface area contributed by atoms with Gasteiger partial charge in [-0.3, -0.25) is 4.79 Å². The van der Waals surface area contributed by atoms with Gasteiger partial charge >= 0.3 is 6.09 Å². The maximum absolute atomic E-state index is 12.9. The quantitative estimate of drug-likeness (QED) is 0.764. The summed E-state index contributed by atoms with van der Waals surface area (Å²) in [5.74, 6) is -0.190. The molecule has 1 N–H and O–H groups in total. The minimum atomic E-state index is -0.501. The Morgan fingerprint density at radius 2 is 1.78 bits per heavy atom. The summed E-state index contributed by atoms with van der Waals surface area (Å²) in [5.41, 5.74) is 0.608. The van der Waals surface area contributed by atoms with Crippen molar-refractivity contribution >= 4 is 12.0 Å². The van der Waals surface area contributed by atoms with Crippen LogP contribution in [-0.2, 0) is 16.0 Å². The predicted molar refractivity (Wildman–Crippen MR) is 103 cm³/mol. The Kier molecular flexibility index (Phi) is 7.63. The molecule has 1 fully saturated rings. The van der Waals surface area contributed by atoms with Crippen LogP contribution < -0.4 is 5.32 Å². The van der Waals surface area contributed by atoms with Crippen LogP contribution in [0, 0.1) is 11.7 Å². The summed E-state index contributed by atoms with van der Waals surface area (Å²) >= 11 is 0. The molecule has 0 aliphatic carbocycles. The molecule has 0 atom stereocenters. The number of nitrogens with one attached hydrogen (secondary N) is 1. The van der Waals surface area contributed by atoms with Gasteiger partial charge < -0.3 is 15.0 Å². The van der Waals surface area contributed by atoms with Gasteiger partial charge in [-0.1, -0.05) is 12.1 Å². The van der Waals surface area contributed by atoms with Gasteiger partial charge in [-0.15, -0.1) is 0 Å². The van der Waals surface area contributed by atoms with Gasteiger partial charge in [0.1, 0.15) is 11.4 Å². The number of benzene rings is 1. The molecule has 1 aromatic carbocycles. The third kappa shape index (κ3) is 7.57. The Bertz CT molecular complexity index is 617. The summed E-state index contributed by atoms with van der Waals surface area (Å²) in [4.78, 5) is 26.0.